The van der Waals surface area contributed by atoms with Crippen LogP contribution in [0.15, 0.2) is 0 Å². The first-order chi connectivity index (χ1) is 7.90. The van der Waals surface area contributed by atoms with Crippen LogP contribution in [0.1, 0.15) is 39.0 Å². The molecule has 1 heterocycles. The average molecular weight is 242 g/mol. The molecule has 2 rings (SSSR count). The molecule has 0 spiro atoms. The minimum atomic E-state index is 0.807. The standard InChI is InChI=1S/C13H26N2S/c1-2-16-11-3-8-14-12-6-9-15(10-7-12)13-4-5-13/h12-14H,2-11H2,1H3. The van der Waals surface area contributed by atoms with Crippen molar-refractivity contribution in [2.75, 3.05) is 31.1 Å². The van der Waals surface area contributed by atoms with Gasteiger partial charge in [0.2, 0.25) is 0 Å². The molecule has 0 atom stereocenters. The van der Waals surface area contributed by atoms with Gasteiger partial charge in [0.15, 0.2) is 0 Å². The second-order valence-corrected chi connectivity index (χ2v) is 6.44. The van der Waals surface area contributed by atoms with Gasteiger partial charge in [0.25, 0.3) is 0 Å². The molecule has 1 aliphatic heterocycles. The number of hydrogen-bond acceptors (Lipinski definition) is 3. The summed E-state index contributed by atoms with van der Waals surface area (Å²) in [5, 5.41) is 3.72. The molecule has 1 N–H and O–H groups in total. The maximum absolute atomic E-state index is 3.72. The fourth-order valence-electron chi connectivity index (χ4n) is 2.53. The number of likely N-dealkylation sites (tertiary alicyclic amines) is 1. The molecule has 3 heteroatoms. The fourth-order valence-corrected chi connectivity index (χ4v) is 3.17. The van der Waals surface area contributed by atoms with Crippen molar-refractivity contribution in [3.8, 4) is 0 Å². The second kappa shape index (κ2) is 6.87. The molecule has 0 amide bonds. The molecule has 0 unspecified atom stereocenters. The van der Waals surface area contributed by atoms with Gasteiger partial charge >= 0.3 is 0 Å². The zero-order valence-corrected chi connectivity index (χ0v) is 11.4. The Hall–Kier alpha value is 0.270. The molecule has 1 aliphatic carbocycles. The lowest BCUT2D eigenvalue weighted by molar-refractivity contribution is 0.190. The Morgan fingerprint density at radius 1 is 1.19 bits per heavy atom. The maximum atomic E-state index is 3.72. The van der Waals surface area contributed by atoms with Crippen molar-refractivity contribution in [3.05, 3.63) is 0 Å². The summed E-state index contributed by atoms with van der Waals surface area (Å²) in [5.74, 6) is 2.59. The highest BCUT2D eigenvalue weighted by molar-refractivity contribution is 7.99. The van der Waals surface area contributed by atoms with Crippen LogP contribution in [0.5, 0.6) is 0 Å². The van der Waals surface area contributed by atoms with E-state index in [0.717, 1.165) is 12.1 Å². The van der Waals surface area contributed by atoms with Gasteiger partial charge in [-0.2, -0.15) is 11.8 Å². The molecule has 0 radical (unpaired) electrons. The molecule has 0 bridgehead atoms. The first-order valence-electron chi connectivity index (χ1n) is 6.95. The Labute approximate surface area is 105 Å². The Kier molecular flexibility index (Phi) is 5.46. The summed E-state index contributed by atoms with van der Waals surface area (Å²) >= 11 is 2.06. The van der Waals surface area contributed by atoms with Crippen molar-refractivity contribution in [1.29, 1.82) is 0 Å². The maximum Gasteiger partial charge on any atom is 0.00964 e. The van der Waals surface area contributed by atoms with Crippen LogP contribution in [0.25, 0.3) is 0 Å². The van der Waals surface area contributed by atoms with Crippen molar-refractivity contribution in [1.82, 2.24) is 10.2 Å². The summed E-state index contributed by atoms with van der Waals surface area (Å²) in [5.41, 5.74) is 0. The van der Waals surface area contributed by atoms with Crippen molar-refractivity contribution >= 4 is 11.8 Å². The van der Waals surface area contributed by atoms with E-state index in [9.17, 15) is 0 Å². The van der Waals surface area contributed by atoms with Gasteiger partial charge < -0.3 is 10.2 Å². The molecular formula is C13H26N2S. The molecule has 16 heavy (non-hydrogen) atoms. The van der Waals surface area contributed by atoms with Crippen molar-refractivity contribution in [2.45, 2.75) is 51.1 Å². The topological polar surface area (TPSA) is 15.3 Å². The van der Waals surface area contributed by atoms with E-state index in [1.54, 1.807) is 0 Å². The highest BCUT2D eigenvalue weighted by Crippen LogP contribution is 2.29. The number of piperidine rings is 1. The van der Waals surface area contributed by atoms with E-state index in [0.29, 0.717) is 0 Å². The highest BCUT2D eigenvalue weighted by Gasteiger charge is 2.31. The van der Waals surface area contributed by atoms with Gasteiger partial charge in [0, 0.05) is 12.1 Å². The van der Waals surface area contributed by atoms with E-state index >= 15 is 0 Å². The lowest BCUT2D eigenvalue weighted by Gasteiger charge is -2.32. The summed E-state index contributed by atoms with van der Waals surface area (Å²) in [6.45, 7) is 6.14. The van der Waals surface area contributed by atoms with E-state index in [2.05, 4.69) is 28.9 Å². The van der Waals surface area contributed by atoms with E-state index in [4.69, 9.17) is 0 Å². The minimum Gasteiger partial charge on any atom is -0.314 e. The van der Waals surface area contributed by atoms with Crippen LogP contribution in [0.3, 0.4) is 0 Å². The molecule has 2 nitrogen and oxygen atoms in total. The number of hydrogen-bond donors (Lipinski definition) is 1. The van der Waals surface area contributed by atoms with Crippen LogP contribution in [0.4, 0.5) is 0 Å². The summed E-state index contributed by atoms with van der Waals surface area (Å²) in [4.78, 5) is 2.70. The number of thioether (sulfide) groups is 1. The van der Waals surface area contributed by atoms with Crippen LogP contribution < -0.4 is 5.32 Å². The molecule has 94 valence electrons. The largest absolute Gasteiger partial charge is 0.314 e. The van der Waals surface area contributed by atoms with Gasteiger partial charge in [0.05, 0.1) is 0 Å². The van der Waals surface area contributed by atoms with Gasteiger partial charge in [-0.3, -0.25) is 0 Å². The van der Waals surface area contributed by atoms with Crippen LogP contribution in [-0.2, 0) is 0 Å². The Bertz CT molecular complexity index is 186. The van der Waals surface area contributed by atoms with E-state index < -0.39 is 0 Å². The molecule has 1 saturated carbocycles. The quantitative estimate of drug-likeness (QED) is 0.690. The SMILES string of the molecule is CCSCCCNC1CCN(C2CC2)CC1. The summed E-state index contributed by atoms with van der Waals surface area (Å²) in [6.07, 6.45) is 7.01. The Morgan fingerprint density at radius 2 is 1.94 bits per heavy atom. The number of nitrogens with one attached hydrogen (secondary N) is 1. The van der Waals surface area contributed by atoms with Gasteiger partial charge in [-0.05, 0) is 63.2 Å². The molecule has 2 aliphatic rings. The molecule has 0 aromatic heterocycles. The molecular weight excluding hydrogens is 216 g/mol. The summed E-state index contributed by atoms with van der Waals surface area (Å²) in [7, 11) is 0. The molecule has 0 aromatic carbocycles. The van der Waals surface area contributed by atoms with Crippen molar-refractivity contribution in [3.63, 3.8) is 0 Å². The van der Waals surface area contributed by atoms with Crippen LogP contribution in [0, 0.1) is 0 Å². The summed E-state index contributed by atoms with van der Waals surface area (Å²) < 4.78 is 0. The van der Waals surface area contributed by atoms with Crippen molar-refractivity contribution < 1.29 is 0 Å². The van der Waals surface area contributed by atoms with Gasteiger partial charge in [0.1, 0.15) is 0 Å². The van der Waals surface area contributed by atoms with Crippen LogP contribution in [-0.4, -0.2) is 48.1 Å². The van der Waals surface area contributed by atoms with Crippen molar-refractivity contribution in [2.24, 2.45) is 0 Å². The van der Waals surface area contributed by atoms with Gasteiger partial charge in [-0.15, -0.1) is 0 Å². The van der Waals surface area contributed by atoms with Gasteiger partial charge in [-0.1, -0.05) is 6.92 Å². The average Bonchev–Trinajstić information content (AvgIpc) is 3.14. The van der Waals surface area contributed by atoms with Gasteiger partial charge in [-0.25, -0.2) is 0 Å². The lowest BCUT2D eigenvalue weighted by atomic mass is 10.0. The number of nitrogens with zero attached hydrogens (tertiary/aromatic N) is 1. The predicted molar refractivity (Wildman–Crippen MR) is 73.2 cm³/mol. The van der Waals surface area contributed by atoms with E-state index in [1.807, 2.05) is 0 Å². The third kappa shape index (κ3) is 4.27. The van der Waals surface area contributed by atoms with Crippen LogP contribution in [0.2, 0.25) is 0 Å². The number of rotatable bonds is 7. The Morgan fingerprint density at radius 3 is 2.56 bits per heavy atom. The first-order valence-corrected chi connectivity index (χ1v) is 8.11. The smallest absolute Gasteiger partial charge is 0.00964 e. The van der Waals surface area contributed by atoms with E-state index in [1.165, 1.54) is 63.2 Å². The Balaban J connectivity index is 1.48. The first kappa shape index (κ1) is 12.7. The molecule has 0 aromatic rings. The summed E-state index contributed by atoms with van der Waals surface area (Å²) in [6, 6.07) is 1.78. The monoisotopic (exact) mass is 242 g/mol. The highest BCUT2D eigenvalue weighted by atomic mass is 32.2. The minimum absolute atomic E-state index is 0.807. The fraction of sp³-hybridized carbons (Fsp3) is 1.00. The second-order valence-electron chi connectivity index (χ2n) is 5.05. The van der Waals surface area contributed by atoms with Crippen LogP contribution >= 0.6 is 11.8 Å². The third-order valence-corrected chi connectivity index (χ3v) is 4.68. The molecule has 1 saturated heterocycles. The zero-order chi connectivity index (χ0) is 11.2. The lowest BCUT2D eigenvalue weighted by Crippen LogP contribution is -2.43. The molecule has 2 fully saturated rings. The third-order valence-electron chi connectivity index (χ3n) is 3.70. The van der Waals surface area contributed by atoms with E-state index in [-0.39, 0.29) is 0 Å². The zero-order valence-electron chi connectivity index (χ0n) is 10.6. The predicted octanol–water partition coefficient (Wildman–Crippen LogP) is 2.35. The normalized spacial score (nSPS) is 23.8.